The number of guanidine groups is 1. The van der Waals surface area contributed by atoms with Crippen LogP contribution in [0.5, 0.6) is 0 Å². The van der Waals surface area contributed by atoms with Crippen LogP contribution >= 0.6 is 0 Å². The Bertz CT molecular complexity index is 357. The van der Waals surface area contributed by atoms with Crippen LogP contribution < -0.4 is 11.1 Å². The lowest BCUT2D eigenvalue weighted by Crippen LogP contribution is -2.36. The van der Waals surface area contributed by atoms with Gasteiger partial charge in [0.05, 0.1) is 6.04 Å². The minimum Gasteiger partial charge on any atom is -0.370 e. The molecule has 3 N–H and O–H groups in total. The maximum absolute atomic E-state index is 12.7. The van der Waals surface area contributed by atoms with Crippen LogP contribution in [0.25, 0.3) is 0 Å². The average molecular weight is 223 g/mol. The third-order valence-electron chi connectivity index (χ3n) is 2.12. The Kier molecular flexibility index (Phi) is 4.28. The molecule has 0 amide bonds. The lowest BCUT2D eigenvalue weighted by Gasteiger charge is -2.12. The highest BCUT2D eigenvalue weighted by atomic mass is 19.1. The van der Waals surface area contributed by atoms with E-state index >= 15 is 0 Å². The van der Waals surface area contributed by atoms with E-state index in [0.29, 0.717) is 5.96 Å². The van der Waals surface area contributed by atoms with E-state index in [2.05, 4.69) is 10.3 Å². The Morgan fingerprint density at radius 1 is 1.25 bits per heavy atom. The summed E-state index contributed by atoms with van der Waals surface area (Å²) in [6.07, 6.45) is 0. The van der Waals surface area contributed by atoms with Crippen molar-refractivity contribution in [1.82, 2.24) is 5.32 Å². The van der Waals surface area contributed by atoms with E-state index < -0.39 is 0 Å². The number of aliphatic imine (C=N–C) groups is 1. The summed E-state index contributed by atoms with van der Waals surface area (Å²) in [6.45, 7) is 5.90. The number of halogens is 1. The SMILES string of the molecule is CC(C)NC(N)=NC(C)c1ccc(F)cc1. The van der Waals surface area contributed by atoms with Gasteiger partial charge in [-0.1, -0.05) is 12.1 Å². The van der Waals surface area contributed by atoms with Crippen LogP contribution in [0.4, 0.5) is 4.39 Å². The maximum atomic E-state index is 12.7. The van der Waals surface area contributed by atoms with Gasteiger partial charge >= 0.3 is 0 Å². The monoisotopic (exact) mass is 223 g/mol. The van der Waals surface area contributed by atoms with Crippen molar-refractivity contribution in [3.8, 4) is 0 Å². The molecule has 16 heavy (non-hydrogen) atoms. The second-order valence-electron chi connectivity index (χ2n) is 4.04. The second kappa shape index (κ2) is 5.49. The van der Waals surface area contributed by atoms with Crippen molar-refractivity contribution in [3.05, 3.63) is 35.6 Å². The molecule has 0 aliphatic carbocycles. The zero-order valence-electron chi connectivity index (χ0n) is 9.87. The standard InChI is InChI=1S/C12H18FN3/c1-8(2)15-12(14)16-9(3)10-4-6-11(13)7-5-10/h4-9H,1-3H3,(H3,14,15,16). The predicted molar refractivity (Wildman–Crippen MR) is 64.7 cm³/mol. The molecule has 0 fully saturated rings. The van der Waals surface area contributed by atoms with E-state index in [4.69, 9.17) is 5.73 Å². The fraction of sp³-hybridized carbons (Fsp3) is 0.417. The number of benzene rings is 1. The molecule has 1 atom stereocenters. The van der Waals surface area contributed by atoms with Gasteiger partial charge < -0.3 is 11.1 Å². The average Bonchev–Trinajstić information content (AvgIpc) is 2.16. The van der Waals surface area contributed by atoms with Crippen molar-refractivity contribution in [2.24, 2.45) is 10.7 Å². The second-order valence-corrected chi connectivity index (χ2v) is 4.04. The fourth-order valence-electron chi connectivity index (χ4n) is 1.36. The number of nitrogens with two attached hydrogens (primary N) is 1. The van der Waals surface area contributed by atoms with Gasteiger partial charge in [0.15, 0.2) is 5.96 Å². The largest absolute Gasteiger partial charge is 0.370 e. The summed E-state index contributed by atoms with van der Waals surface area (Å²) in [5.74, 6) is 0.167. The quantitative estimate of drug-likeness (QED) is 0.609. The summed E-state index contributed by atoms with van der Waals surface area (Å²) in [5.41, 5.74) is 6.65. The molecule has 0 heterocycles. The molecule has 0 spiro atoms. The van der Waals surface area contributed by atoms with E-state index in [1.54, 1.807) is 12.1 Å². The van der Waals surface area contributed by atoms with Crippen LogP contribution in [0.15, 0.2) is 29.3 Å². The Hall–Kier alpha value is -1.58. The Labute approximate surface area is 95.6 Å². The molecule has 1 aromatic carbocycles. The molecule has 4 heteroatoms. The number of hydrogen-bond donors (Lipinski definition) is 2. The van der Waals surface area contributed by atoms with Crippen LogP contribution in [-0.2, 0) is 0 Å². The van der Waals surface area contributed by atoms with E-state index in [1.165, 1.54) is 12.1 Å². The first-order chi connectivity index (χ1) is 7.49. The number of nitrogens with one attached hydrogen (secondary N) is 1. The molecule has 3 nitrogen and oxygen atoms in total. The summed E-state index contributed by atoms with van der Waals surface area (Å²) < 4.78 is 12.7. The normalized spacial score (nSPS) is 13.9. The Balaban J connectivity index is 2.71. The van der Waals surface area contributed by atoms with Crippen molar-refractivity contribution in [1.29, 1.82) is 0 Å². The Morgan fingerprint density at radius 2 is 1.81 bits per heavy atom. The lowest BCUT2D eigenvalue weighted by molar-refractivity contribution is 0.626. The number of hydrogen-bond acceptors (Lipinski definition) is 1. The van der Waals surface area contributed by atoms with Crippen molar-refractivity contribution in [2.75, 3.05) is 0 Å². The summed E-state index contributed by atoms with van der Waals surface area (Å²) in [4.78, 5) is 4.28. The van der Waals surface area contributed by atoms with Crippen LogP contribution in [0.2, 0.25) is 0 Å². The Morgan fingerprint density at radius 3 is 2.31 bits per heavy atom. The van der Waals surface area contributed by atoms with Crippen LogP contribution in [0.1, 0.15) is 32.4 Å². The van der Waals surface area contributed by atoms with Crippen LogP contribution in [-0.4, -0.2) is 12.0 Å². The van der Waals surface area contributed by atoms with Gasteiger partial charge in [-0.25, -0.2) is 9.38 Å². The molecular formula is C12H18FN3. The van der Waals surface area contributed by atoms with Gasteiger partial charge in [0.2, 0.25) is 0 Å². The first-order valence-corrected chi connectivity index (χ1v) is 5.34. The molecule has 0 bridgehead atoms. The van der Waals surface area contributed by atoms with Crippen LogP contribution in [0, 0.1) is 5.82 Å². The third-order valence-corrected chi connectivity index (χ3v) is 2.12. The molecule has 0 radical (unpaired) electrons. The van der Waals surface area contributed by atoms with Gasteiger partial charge in [0.1, 0.15) is 5.82 Å². The van der Waals surface area contributed by atoms with E-state index in [1.807, 2.05) is 20.8 Å². The topological polar surface area (TPSA) is 50.4 Å². The molecule has 1 rings (SSSR count). The van der Waals surface area contributed by atoms with Crippen molar-refractivity contribution in [2.45, 2.75) is 32.9 Å². The highest BCUT2D eigenvalue weighted by Gasteiger charge is 2.04. The molecule has 0 aliphatic heterocycles. The molecule has 0 aromatic heterocycles. The van der Waals surface area contributed by atoms with Gasteiger partial charge in [-0.3, -0.25) is 0 Å². The van der Waals surface area contributed by atoms with E-state index in [9.17, 15) is 4.39 Å². The minimum atomic E-state index is -0.242. The predicted octanol–water partition coefficient (Wildman–Crippen LogP) is 2.20. The third kappa shape index (κ3) is 3.88. The van der Waals surface area contributed by atoms with Crippen molar-refractivity contribution in [3.63, 3.8) is 0 Å². The zero-order chi connectivity index (χ0) is 12.1. The summed E-state index contributed by atoms with van der Waals surface area (Å²) >= 11 is 0. The molecule has 0 aliphatic rings. The molecule has 88 valence electrons. The van der Waals surface area contributed by atoms with Gasteiger partial charge in [-0.05, 0) is 38.5 Å². The first-order valence-electron chi connectivity index (χ1n) is 5.34. The van der Waals surface area contributed by atoms with Crippen molar-refractivity contribution >= 4 is 5.96 Å². The van der Waals surface area contributed by atoms with Gasteiger partial charge in [-0.2, -0.15) is 0 Å². The minimum absolute atomic E-state index is 0.0770. The molecule has 1 unspecified atom stereocenters. The fourth-order valence-corrected chi connectivity index (χ4v) is 1.36. The molecule has 0 saturated carbocycles. The first kappa shape index (κ1) is 12.5. The highest BCUT2D eigenvalue weighted by Crippen LogP contribution is 2.16. The van der Waals surface area contributed by atoms with Crippen LogP contribution in [0.3, 0.4) is 0 Å². The molecular weight excluding hydrogens is 205 g/mol. The van der Waals surface area contributed by atoms with Gasteiger partial charge in [-0.15, -0.1) is 0 Å². The molecule has 1 aromatic rings. The summed E-state index contributed by atoms with van der Waals surface area (Å²) in [6, 6.07) is 6.45. The summed E-state index contributed by atoms with van der Waals surface area (Å²) in [5, 5.41) is 3.01. The lowest BCUT2D eigenvalue weighted by atomic mass is 10.1. The van der Waals surface area contributed by atoms with Gasteiger partial charge in [0.25, 0.3) is 0 Å². The smallest absolute Gasteiger partial charge is 0.189 e. The number of nitrogens with zero attached hydrogens (tertiary/aromatic N) is 1. The molecule has 0 saturated heterocycles. The van der Waals surface area contributed by atoms with Gasteiger partial charge in [0, 0.05) is 6.04 Å². The zero-order valence-corrected chi connectivity index (χ0v) is 9.87. The van der Waals surface area contributed by atoms with Crippen molar-refractivity contribution < 1.29 is 4.39 Å². The van der Waals surface area contributed by atoms with E-state index in [-0.39, 0.29) is 17.9 Å². The maximum Gasteiger partial charge on any atom is 0.189 e. The highest BCUT2D eigenvalue weighted by molar-refractivity contribution is 5.78. The summed E-state index contributed by atoms with van der Waals surface area (Å²) in [7, 11) is 0. The number of rotatable bonds is 3. The van der Waals surface area contributed by atoms with E-state index in [0.717, 1.165) is 5.56 Å².